The zero-order valence-corrected chi connectivity index (χ0v) is 27.8. The summed E-state index contributed by atoms with van der Waals surface area (Å²) < 4.78 is 19.8. The highest BCUT2D eigenvalue weighted by Crippen LogP contribution is 2.64. The number of nitrogens with zero attached hydrogens (tertiary/aromatic N) is 2. The zero-order chi connectivity index (χ0) is 34.4. The number of aromatic carboxylic acids is 1. The molecule has 246 valence electrons. The van der Waals surface area contributed by atoms with E-state index >= 15 is 0 Å². The maximum atomic E-state index is 14.6. The van der Waals surface area contributed by atoms with Gasteiger partial charge in [-0.3, -0.25) is 24.1 Å². The molecule has 0 spiro atoms. The highest BCUT2D eigenvalue weighted by Gasteiger charge is 2.67. The minimum Gasteiger partial charge on any atom is -0.503 e. The number of carbonyl (C=O) groups is 5. The van der Waals surface area contributed by atoms with Crippen LogP contribution in [-0.2, 0) is 19.2 Å². The molecule has 2 saturated heterocycles. The number of phenols is 1. The van der Waals surface area contributed by atoms with Gasteiger partial charge in [-0.1, -0.05) is 29.3 Å². The highest BCUT2D eigenvalue weighted by atomic mass is 79.9. The van der Waals surface area contributed by atoms with Gasteiger partial charge in [0, 0.05) is 5.92 Å². The van der Waals surface area contributed by atoms with Gasteiger partial charge < -0.3 is 14.9 Å². The van der Waals surface area contributed by atoms with Crippen LogP contribution < -0.4 is 14.5 Å². The second-order valence-electron chi connectivity index (χ2n) is 12.7. The van der Waals surface area contributed by atoms with E-state index in [4.69, 9.17) is 16.3 Å². The Kier molecular flexibility index (Phi) is 7.52. The lowest BCUT2D eigenvalue weighted by Gasteiger charge is -2.49. The van der Waals surface area contributed by atoms with Crippen LogP contribution in [0.5, 0.6) is 11.5 Å². The van der Waals surface area contributed by atoms with E-state index in [9.17, 15) is 38.6 Å². The fourth-order valence-electron chi connectivity index (χ4n) is 8.21. The Bertz CT molecular complexity index is 2020. The van der Waals surface area contributed by atoms with Gasteiger partial charge in [-0.2, -0.15) is 0 Å². The minimum absolute atomic E-state index is 0.0639. The van der Waals surface area contributed by atoms with Crippen LogP contribution in [0.3, 0.4) is 0 Å². The molecule has 6 unspecified atom stereocenters. The largest absolute Gasteiger partial charge is 0.503 e. The zero-order valence-electron chi connectivity index (χ0n) is 25.4. The molecule has 3 fully saturated rings. The molecule has 4 aliphatic rings. The summed E-state index contributed by atoms with van der Waals surface area (Å²) in [6.45, 7) is 1.69. The number of amides is 4. The average molecular weight is 738 g/mol. The number of imide groups is 2. The first kappa shape index (κ1) is 32.0. The van der Waals surface area contributed by atoms with Crippen molar-refractivity contribution in [2.45, 2.75) is 25.7 Å². The Labute approximate surface area is 286 Å². The lowest BCUT2D eigenvalue weighted by atomic mass is 9.51. The van der Waals surface area contributed by atoms with Crippen LogP contribution >= 0.6 is 27.5 Å². The highest BCUT2D eigenvalue weighted by molar-refractivity contribution is 9.10. The van der Waals surface area contributed by atoms with E-state index in [1.54, 1.807) is 19.1 Å². The standard InChI is InChI=1S/C35H27BrClFN2O8/c1-35-22(31(43)40(34(35)47)18-6-9-25(38)24(37)13-18)14-21-19(28(35)16-11-23(36)29(41)26(12-16)48-2)7-8-20-27(21)32(44)39(30(20)42)17-5-3-4-15(10-17)33(45)46/h3-7,9-13,20-22,27-28,41H,8,14H2,1-2H3,(H,45,46). The Morgan fingerprint density at radius 3 is 2.42 bits per heavy atom. The summed E-state index contributed by atoms with van der Waals surface area (Å²) in [5.74, 6) is -8.15. The van der Waals surface area contributed by atoms with E-state index in [0.29, 0.717) is 11.1 Å². The van der Waals surface area contributed by atoms with Crippen LogP contribution in [0.4, 0.5) is 15.8 Å². The number of carbonyl (C=O) groups excluding carboxylic acids is 4. The minimum atomic E-state index is -1.41. The third-order valence-electron chi connectivity index (χ3n) is 10.4. The number of benzene rings is 3. The van der Waals surface area contributed by atoms with Crippen molar-refractivity contribution in [2.75, 3.05) is 16.9 Å². The van der Waals surface area contributed by atoms with Gasteiger partial charge in [-0.05, 0) is 95.7 Å². The average Bonchev–Trinajstić information content (AvgIpc) is 3.43. The van der Waals surface area contributed by atoms with Gasteiger partial charge in [0.25, 0.3) is 0 Å². The number of halogens is 3. The number of hydrogen-bond donors (Lipinski definition) is 2. The second-order valence-corrected chi connectivity index (χ2v) is 13.9. The Hall–Kier alpha value is -4.55. The predicted molar refractivity (Wildman–Crippen MR) is 174 cm³/mol. The smallest absolute Gasteiger partial charge is 0.335 e. The first-order valence-corrected chi connectivity index (χ1v) is 16.3. The molecule has 0 aromatic heterocycles. The predicted octanol–water partition coefficient (Wildman–Crippen LogP) is 6.09. The quantitative estimate of drug-likeness (QED) is 0.237. The summed E-state index contributed by atoms with van der Waals surface area (Å²) in [6, 6.07) is 12.4. The molecular formula is C35H27BrClFN2O8. The molecular weight excluding hydrogens is 711 g/mol. The van der Waals surface area contributed by atoms with E-state index in [0.717, 1.165) is 15.9 Å². The van der Waals surface area contributed by atoms with Crippen molar-refractivity contribution in [3.8, 4) is 11.5 Å². The van der Waals surface area contributed by atoms with Crippen molar-refractivity contribution < 1.29 is 43.3 Å². The normalized spacial score (nSPS) is 27.9. The Balaban J connectivity index is 1.38. The molecule has 7 rings (SSSR count). The van der Waals surface area contributed by atoms with Crippen molar-refractivity contribution >= 4 is 68.5 Å². The molecule has 1 saturated carbocycles. The molecule has 2 heterocycles. The number of aromatic hydroxyl groups is 1. The Morgan fingerprint density at radius 2 is 1.73 bits per heavy atom. The van der Waals surface area contributed by atoms with E-state index in [-0.39, 0.29) is 50.8 Å². The van der Waals surface area contributed by atoms with Gasteiger partial charge in [0.15, 0.2) is 11.5 Å². The number of hydrogen-bond acceptors (Lipinski definition) is 7. The SMILES string of the molecule is COc1cc(C2C3=CCC4C(=O)N(c5cccc(C(=O)O)c5)C(=O)C4C3CC3C(=O)N(c4ccc(F)c(Cl)c4)C(=O)C32C)cc(Br)c1O. The number of methoxy groups -OCH3 is 1. The molecule has 6 atom stereocenters. The number of rotatable bonds is 5. The number of allylic oxidation sites excluding steroid dienone is 2. The van der Waals surface area contributed by atoms with Gasteiger partial charge in [0.05, 0.1) is 56.7 Å². The summed E-state index contributed by atoms with van der Waals surface area (Å²) >= 11 is 9.44. The lowest BCUT2D eigenvalue weighted by molar-refractivity contribution is -0.131. The van der Waals surface area contributed by atoms with Crippen molar-refractivity contribution in [1.82, 2.24) is 0 Å². The molecule has 0 radical (unpaired) electrons. The fourth-order valence-corrected chi connectivity index (χ4v) is 8.85. The van der Waals surface area contributed by atoms with Crippen LogP contribution in [0.25, 0.3) is 0 Å². The third-order valence-corrected chi connectivity index (χ3v) is 11.3. The second kappa shape index (κ2) is 11.3. The molecule has 2 N–H and O–H groups in total. The molecule has 3 aromatic carbocycles. The first-order valence-electron chi connectivity index (χ1n) is 15.1. The number of carboxylic acids is 1. The topological polar surface area (TPSA) is 142 Å². The van der Waals surface area contributed by atoms with Crippen molar-refractivity contribution in [3.63, 3.8) is 0 Å². The van der Waals surface area contributed by atoms with E-state index in [2.05, 4.69) is 15.9 Å². The number of fused-ring (bicyclic) bond motifs is 4. The molecule has 10 nitrogen and oxygen atoms in total. The molecule has 48 heavy (non-hydrogen) atoms. The van der Waals surface area contributed by atoms with Gasteiger partial charge in [-0.25, -0.2) is 14.1 Å². The molecule has 4 amide bonds. The van der Waals surface area contributed by atoms with Crippen LogP contribution in [0.2, 0.25) is 5.02 Å². The van der Waals surface area contributed by atoms with Crippen molar-refractivity contribution in [3.05, 3.63) is 92.7 Å². The van der Waals surface area contributed by atoms with Gasteiger partial charge >= 0.3 is 5.97 Å². The van der Waals surface area contributed by atoms with Gasteiger partial charge in [0.2, 0.25) is 23.6 Å². The summed E-state index contributed by atoms with van der Waals surface area (Å²) in [5, 5.41) is 19.9. The van der Waals surface area contributed by atoms with E-state index < -0.39 is 70.4 Å². The van der Waals surface area contributed by atoms with Crippen LogP contribution in [0.15, 0.2) is 70.7 Å². The van der Waals surface area contributed by atoms with Crippen LogP contribution in [0.1, 0.15) is 41.6 Å². The van der Waals surface area contributed by atoms with Crippen LogP contribution in [0, 0.1) is 34.9 Å². The fraction of sp³-hybridized carbons (Fsp3) is 0.286. The van der Waals surface area contributed by atoms with Gasteiger partial charge in [-0.15, -0.1) is 0 Å². The van der Waals surface area contributed by atoms with E-state index in [1.165, 1.54) is 43.5 Å². The molecule has 13 heteroatoms. The maximum Gasteiger partial charge on any atom is 0.335 e. The van der Waals surface area contributed by atoms with Crippen molar-refractivity contribution in [2.24, 2.45) is 29.1 Å². The Morgan fingerprint density at radius 1 is 1.00 bits per heavy atom. The number of anilines is 2. The molecule has 2 aliphatic carbocycles. The summed E-state index contributed by atoms with van der Waals surface area (Å²) in [6.07, 6.45) is 2.10. The number of ether oxygens (including phenoxy) is 1. The maximum absolute atomic E-state index is 14.6. The summed E-state index contributed by atoms with van der Waals surface area (Å²) in [5.41, 5.74) is -0.0366. The van der Waals surface area contributed by atoms with Crippen LogP contribution in [-0.4, -0.2) is 46.9 Å². The third kappa shape index (κ3) is 4.45. The number of carboxylic acid groups (broad SMARTS) is 1. The lowest BCUT2D eigenvalue weighted by Crippen LogP contribution is -2.48. The summed E-state index contributed by atoms with van der Waals surface area (Å²) in [4.78, 5) is 70.7. The summed E-state index contributed by atoms with van der Waals surface area (Å²) in [7, 11) is 1.38. The van der Waals surface area contributed by atoms with Gasteiger partial charge in [0.1, 0.15) is 5.82 Å². The van der Waals surface area contributed by atoms with Crippen molar-refractivity contribution in [1.29, 1.82) is 0 Å². The molecule has 2 aliphatic heterocycles. The molecule has 3 aromatic rings. The van der Waals surface area contributed by atoms with E-state index in [1.807, 2.05) is 6.08 Å². The first-order chi connectivity index (χ1) is 22.8. The monoisotopic (exact) mass is 736 g/mol. The molecule has 0 bridgehead atoms. The number of phenolic OH excluding ortho intramolecular Hbond substituents is 1.